The SMILES string of the molecule is CC(C)CCOCCC(=O)C(C)(C)c1ccccc1. The molecule has 0 radical (unpaired) electrons. The van der Waals surface area contributed by atoms with Crippen LogP contribution in [0.15, 0.2) is 30.3 Å². The van der Waals surface area contributed by atoms with Crippen molar-refractivity contribution in [2.45, 2.75) is 46.0 Å². The summed E-state index contributed by atoms with van der Waals surface area (Å²) in [5.41, 5.74) is 0.644. The molecule has 0 heterocycles. The summed E-state index contributed by atoms with van der Waals surface area (Å²) in [5, 5.41) is 0. The number of hydrogen-bond acceptors (Lipinski definition) is 2. The molecule has 19 heavy (non-hydrogen) atoms. The molecular formula is C17H26O2. The van der Waals surface area contributed by atoms with E-state index in [2.05, 4.69) is 13.8 Å². The highest BCUT2D eigenvalue weighted by Gasteiger charge is 2.28. The van der Waals surface area contributed by atoms with Crippen LogP contribution in [0, 0.1) is 5.92 Å². The van der Waals surface area contributed by atoms with Gasteiger partial charge in [-0.25, -0.2) is 0 Å². The maximum absolute atomic E-state index is 12.3. The lowest BCUT2D eigenvalue weighted by Gasteiger charge is -2.23. The number of ketones is 1. The van der Waals surface area contributed by atoms with Crippen LogP contribution in [0.2, 0.25) is 0 Å². The van der Waals surface area contributed by atoms with Crippen LogP contribution in [0.1, 0.15) is 46.1 Å². The van der Waals surface area contributed by atoms with Crippen molar-refractivity contribution in [2.24, 2.45) is 5.92 Å². The number of benzene rings is 1. The smallest absolute Gasteiger partial charge is 0.145 e. The number of ether oxygens (including phenoxy) is 1. The highest BCUT2D eigenvalue weighted by Crippen LogP contribution is 2.25. The number of carbonyl (C=O) groups excluding carboxylic acids is 1. The summed E-state index contributed by atoms with van der Waals surface area (Å²) in [6.45, 7) is 9.59. The van der Waals surface area contributed by atoms with Gasteiger partial charge in [0.25, 0.3) is 0 Å². The molecule has 106 valence electrons. The van der Waals surface area contributed by atoms with Gasteiger partial charge in [0.05, 0.1) is 6.61 Å². The molecule has 0 aliphatic rings. The van der Waals surface area contributed by atoms with Gasteiger partial charge in [-0.2, -0.15) is 0 Å². The largest absolute Gasteiger partial charge is 0.381 e. The van der Waals surface area contributed by atoms with Crippen LogP contribution in [-0.4, -0.2) is 19.0 Å². The number of Topliss-reactive ketones (excluding diaryl/α,β-unsaturated/α-hetero) is 1. The molecule has 0 saturated heterocycles. The predicted molar refractivity (Wildman–Crippen MR) is 79.4 cm³/mol. The van der Waals surface area contributed by atoms with E-state index < -0.39 is 5.41 Å². The third-order valence-electron chi connectivity index (χ3n) is 3.51. The molecule has 1 rings (SSSR count). The molecule has 0 saturated carbocycles. The average molecular weight is 262 g/mol. The standard InChI is InChI=1S/C17H26O2/c1-14(2)10-12-19-13-11-16(18)17(3,4)15-8-6-5-7-9-15/h5-9,14H,10-13H2,1-4H3. The zero-order valence-corrected chi connectivity index (χ0v) is 12.6. The molecule has 0 N–H and O–H groups in total. The Morgan fingerprint density at radius 3 is 2.37 bits per heavy atom. The summed E-state index contributed by atoms with van der Waals surface area (Å²) in [6.07, 6.45) is 1.54. The lowest BCUT2D eigenvalue weighted by Crippen LogP contribution is -2.29. The number of hydrogen-bond donors (Lipinski definition) is 0. The first-order chi connectivity index (χ1) is 8.94. The van der Waals surface area contributed by atoms with Crippen LogP contribution in [0.4, 0.5) is 0 Å². The van der Waals surface area contributed by atoms with Crippen molar-refractivity contribution in [3.8, 4) is 0 Å². The molecule has 0 spiro atoms. The molecule has 0 unspecified atom stereocenters. The van der Waals surface area contributed by atoms with E-state index in [4.69, 9.17) is 4.74 Å². The minimum absolute atomic E-state index is 0.239. The Morgan fingerprint density at radius 1 is 1.16 bits per heavy atom. The molecule has 0 aliphatic heterocycles. The van der Waals surface area contributed by atoms with E-state index in [9.17, 15) is 4.79 Å². The summed E-state index contributed by atoms with van der Waals surface area (Å²) in [7, 11) is 0. The molecular weight excluding hydrogens is 236 g/mol. The van der Waals surface area contributed by atoms with Crippen molar-refractivity contribution in [3.63, 3.8) is 0 Å². The van der Waals surface area contributed by atoms with E-state index in [0.29, 0.717) is 18.9 Å². The fourth-order valence-corrected chi connectivity index (χ4v) is 1.91. The highest BCUT2D eigenvalue weighted by atomic mass is 16.5. The summed E-state index contributed by atoms with van der Waals surface area (Å²) in [4.78, 5) is 12.3. The normalized spacial score (nSPS) is 11.8. The monoisotopic (exact) mass is 262 g/mol. The van der Waals surface area contributed by atoms with Gasteiger partial charge in [-0.1, -0.05) is 44.2 Å². The Labute approximate surface area is 117 Å². The van der Waals surface area contributed by atoms with E-state index >= 15 is 0 Å². The minimum Gasteiger partial charge on any atom is -0.381 e. The van der Waals surface area contributed by atoms with E-state index in [1.807, 2.05) is 44.2 Å². The van der Waals surface area contributed by atoms with Gasteiger partial charge in [0.1, 0.15) is 5.78 Å². The first kappa shape index (κ1) is 15.9. The first-order valence-electron chi connectivity index (χ1n) is 7.11. The number of carbonyl (C=O) groups is 1. The van der Waals surface area contributed by atoms with Crippen LogP contribution >= 0.6 is 0 Å². The molecule has 0 aromatic heterocycles. The Morgan fingerprint density at radius 2 is 1.79 bits per heavy atom. The molecule has 0 fully saturated rings. The Kier molecular flexibility index (Phi) is 6.23. The number of rotatable bonds is 8. The van der Waals surface area contributed by atoms with E-state index in [1.54, 1.807) is 0 Å². The van der Waals surface area contributed by atoms with Gasteiger partial charge >= 0.3 is 0 Å². The van der Waals surface area contributed by atoms with Crippen LogP contribution in [0.25, 0.3) is 0 Å². The molecule has 0 amide bonds. The van der Waals surface area contributed by atoms with Crippen molar-refractivity contribution < 1.29 is 9.53 Å². The Bertz CT molecular complexity index is 380. The lowest BCUT2D eigenvalue weighted by atomic mass is 9.79. The zero-order valence-electron chi connectivity index (χ0n) is 12.6. The molecule has 0 atom stereocenters. The van der Waals surface area contributed by atoms with Gasteiger partial charge in [0.15, 0.2) is 0 Å². The van der Waals surface area contributed by atoms with Crippen molar-refractivity contribution >= 4 is 5.78 Å². The molecule has 2 nitrogen and oxygen atoms in total. The van der Waals surface area contributed by atoms with E-state index in [-0.39, 0.29) is 5.78 Å². The second-order valence-corrected chi connectivity index (χ2v) is 5.96. The van der Waals surface area contributed by atoms with Crippen molar-refractivity contribution in [1.82, 2.24) is 0 Å². The summed E-state index contributed by atoms with van der Waals surface area (Å²) < 4.78 is 5.53. The van der Waals surface area contributed by atoms with Gasteiger partial charge in [0.2, 0.25) is 0 Å². The highest BCUT2D eigenvalue weighted by molar-refractivity contribution is 5.89. The van der Waals surface area contributed by atoms with Gasteiger partial charge < -0.3 is 4.74 Å². The second kappa shape index (κ2) is 7.44. The lowest BCUT2D eigenvalue weighted by molar-refractivity contribution is -0.124. The summed E-state index contributed by atoms with van der Waals surface area (Å²) in [5.74, 6) is 0.889. The molecule has 0 bridgehead atoms. The quantitative estimate of drug-likeness (QED) is 0.662. The van der Waals surface area contributed by atoms with Crippen LogP contribution in [0.5, 0.6) is 0 Å². The van der Waals surface area contributed by atoms with Crippen molar-refractivity contribution in [1.29, 1.82) is 0 Å². The molecule has 1 aromatic rings. The fraction of sp³-hybridized carbons (Fsp3) is 0.588. The Hall–Kier alpha value is -1.15. The third kappa shape index (κ3) is 5.15. The average Bonchev–Trinajstić information content (AvgIpc) is 2.38. The van der Waals surface area contributed by atoms with Crippen LogP contribution < -0.4 is 0 Å². The van der Waals surface area contributed by atoms with Crippen LogP contribution in [0.3, 0.4) is 0 Å². The van der Waals surface area contributed by atoms with E-state index in [1.165, 1.54) is 0 Å². The second-order valence-electron chi connectivity index (χ2n) is 5.96. The molecule has 1 aromatic carbocycles. The summed E-state index contributed by atoms with van der Waals surface area (Å²) in [6, 6.07) is 9.95. The van der Waals surface area contributed by atoms with Gasteiger partial charge in [0, 0.05) is 18.4 Å². The molecule has 0 aliphatic carbocycles. The van der Waals surface area contributed by atoms with Crippen molar-refractivity contribution in [2.75, 3.05) is 13.2 Å². The minimum atomic E-state index is -0.428. The van der Waals surface area contributed by atoms with Gasteiger partial charge in [-0.05, 0) is 31.7 Å². The van der Waals surface area contributed by atoms with Crippen molar-refractivity contribution in [3.05, 3.63) is 35.9 Å². The van der Waals surface area contributed by atoms with E-state index in [0.717, 1.165) is 18.6 Å². The zero-order chi connectivity index (χ0) is 14.3. The maximum atomic E-state index is 12.3. The first-order valence-corrected chi connectivity index (χ1v) is 7.11. The predicted octanol–water partition coefficient (Wildman–Crippen LogP) is 3.99. The summed E-state index contributed by atoms with van der Waals surface area (Å²) >= 11 is 0. The maximum Gasteiger partial charge on any atom is 0.145 e. The fourth-order valence-electron chi connectivity index (χ4n) is 1.91. The third-order valence-corrected chi connectivity index (χ3v) is 3.51. The van der Waals surface area contributed by atoms with Crippen LogP contribution in [-0.2, 0) is 14.9 Å². The Balaban J connectivity index is 2.40. The van der Waals surface area contributed by atoms with Gasteiger partial charge in [-0.15, -0.1) is 0 Å². The molecule has 2 heteroatoms. The topological polar surface area (TPSA) is 26.3 Å². The van der Waals surface area contributed by atoms with Gasteiger partial charge in [-0.3, -0.25) is 4.79 Å².